The molecule has 0 saturated carbocycles. The number of rotatable bonds is 2. The highest BCUT2D eigenvalue weighted by Crippen LogP contribution is 2.46. The van der Waals surface area contributed by atoms with Crippen LogP contribution < -0.4 is 0 Å². The molecule has 5 nitrogen and oxygen atoms in total. The minimum absolute atomic E-state index is 0.307. The summed E-state index contributed by atoms with van der Waals surface area (Å²) in [5.41, 5.74) is 3.99. The van der Waals surface area contributed by atoms with E-state index in [0.717, 1.165) is 28.7 Å². The van der Waals surface area contributed by atoms with Gasteiger partial charge in [0.05, 0.1) is 12.7 Å². The molecule has 1 saturated heterocycles. The molecule has 0 bridgehead atoms. The normalized spacial score (nSPS) is 33.6. The van der Waals surface area contributed by atoms with Crippen LogP contribution in [0.15, 0.2) is 24.3 Å². The second-order valence-electron chi connectivity index (χ2n) is 7.33. The van der Waals surface area contributed by atoms with Crippen LogP contribution in [-0.4, -0.2) is 39.7 Å². The smallest absolute Gasteiger partial charge is 0.225 e. The maximum atomic E-state index is 10.7. The first-order valence-corrected chi connectivity index (χ1v) is 9.67. The van der Waals surface area contributed by atoms with E-state index >= 15 is 0 Å². The summed E-state index contributed by atoms with van der Waals surface area (Å²) < 4.78 is 11.8. The van der Waals surface area contributed by atoms with E-state index in [1.54, 1.807) is 18.3 Å². The fourth-order valence-electron chi connectivity index (χ4n) is 3.92. The van der Waals surface area contributed by atoms with E-state index in [1.807, 2.05) is 6.07 Å². The topological polar surface area (TPSA) is 79.2 Å². The Labute approximate surface area is 156 Å². The van der Waals surface area contributed by atoms with Gasteiger partial charge in [0.25, 0.3) is 0 Å². The molecule has 4 rings (SSSR count). The number of aliphatic hydroxyl groups is 3. The molecule has 6 heteroatoms. The molecule has 1 aromatic carbocycles. The van der Waals surface area contributed by atoms with Crippen LogP contribution in [0.2, 0.25) is 0 Å². The Kier molecular flexibility index (Phi) is 4.46. The Balaban J connectivity index is 1.75. The van der Waals surface area contributed by atoms with Crippen molar-refractivity contribution >= 4 is 11.3 Å². The van der Waals surface area contributed by atoms with Crippen LogP contribution >= 0.6 is 11.3 Å². The first kappa shape index (κ1) is 18.1. The average molecular weight is 376 g/mol. The number of thiophene rings is 1. The van der Waals surface area contributed by atoms with Gasteiger partial charge >= 0.3 is 0 Å². The highest BCUT2D eigenvalue weighted by molar-refractivity contribution is 7.11. The van der Waals surface area contributed by atoms with Crippen molar-refractivity contribution in [2.75, 3.05) is 0 Å². The quantitative estimate of drug-likeness (QED) is 0.748. The van der Waals surface area contributed by atoms with Crippen LogP contribution in [0.25, 0.3) is 0 Å². The maximum absolute atomic E-state index is 10.7. The molecule has 2 aliphatic rings. The van der Waals surface area contributed by atoms with Crippen molar-refractivity contribution in [3.05, 3.63) is 56.3 Å². The summed E-state index contributed by atoms with van der Waals surface area (Å²) in [6.07, 6.45) is -3.68. The van der Waals surface area contributed by atoms with Crippen LogP contribution in [0.3, 0.4) is 0 Å². The van der Waals surface area contributed by atoms with E-state index in [1.165, 1.54) is 9.75 Å². The van der Waals surface area contributed by atoms with E-state index in [4.69, 9.17) is 9.47 Å². The SMILES string of the molecule is Cc1ccc(Cc2cc3c(cc2C)CO[C@]32O[C@H](C)[C@@H](O)[C@H](O)[C@H]2O)s1. The lowest BCUT2D eigenvalue weighted by molar-refractivity contribution is -0.362. The third-order valence-corrected chi connectivity index (χ3v) is 6.45. The largest absolute Gasteiger partial charge is 0.388 e. The van der Waals surface area contributed by atoms with E-state index in [-0.39, 0.29) is 0 Å². The summed E-state index contributed by atoms with van der Waals surface area (Å²) in [6.45, 7) is 6.14. The molecular weight excluding hydrogens is 352 g/mol. The van der Waals surface area contributed by atoms with Crippen molar-refractivity contribution in [1.82, 2.24) is 0 Å². The van der Waals surface area contributed by atoms with Crippen LogP contribution in [0.5, 0.6) is 0 Å². The van der Waals surface area contributed by atoms with E-state index in [0.29, 0.717) is 6.61 Å². The molecule has 1 aromatic heterocycles. The molecule has 3 heterocycles. The summed E-state index contributed by atoms with van der Waals surface area (Å²) in [6, 6.07) is 8.33. The zero-order valence-corrected chi connectivity index (χ0v) is 15.9. The van der Waals surface area contributed by atoms with Crippen LogP contribution in [0.1, 0.15) is 38.9 Å². The summed E-state index contributed by atoms with van der Waals surface area (Å²) in [5.74, 6) is -1.43. The summed E-state index contributed by atoms with van der Waals surface area (Å²) in [5, 5.41) is 30.9. The minimum atomic E-state index is -1.43. The number of benzene rings is 1. The first-order chi connectivity index (χ1) is 12.3. The van der Waals surface area contributed by atoms with Gasteiger partial charge in [0.1, 0.15) is 18.3 Å². The molecule has 140 valence electrons. The molecule has 1 spiro atoms. The van der Waals surface area contributed by atoms with Gasteiger partial charge in [0, 0.05) is 21.7 Å². The summed E-state index contributed by atoms with van der Waals surface area (Å²) in [4.78, 5) is 2.54. The van der Waals surface area contributed by atoms with Gasteiger partial charge in [-0.05, 0) is 55.7 Å². The monoisotopic (exact) mass is 376 g/mol. The lowest BCUT2D eigenvalue weighted by Crippen LogP contribution is -2.62. The number of hydrogen-bond acceptors (Lipinski definition) is 6. The van der Waals surface area contributed by atoms with Gasteiger partial charge < -0.3 is 24.8 Å². The zero-order valence-electron chi connectivity index (χ0n) is 15.1. The minimum Gasteiger partial charge on any atom is -0.388 e. The molecule has 0 unspecified atom stereocenters. The van der Waals surface area contributed by atoms with E-state index in [2.05, 4.69) is 32.0 Å². The standard InChI is InChI=1S/C20H24O5S/c1-10-6-14-9-24-20(19(23)18(22)17(21)12(3)25-20)16(14)8-13(10)7-15-5-4-11(2)26-15/h4-6,8,12,17-19,21-23H,7,9H2,1-3H3/t12-,17-,18+,19-,20+/m1/s1. The number of aryl methyl sites for hydroxylation is 2. The molecule has 3 N–H and O–H groups in total. The lowest BCUT2D eigenvalue weighted by Gasteiger charge is -2.45. The lowest BCUT2D eigenvalue weighted by atomic mass is 9.86. The Morgan fingerprint density at radius 1 is 1.15 bits per heavy atom. The summed E-state index contributed by atoms with van der Waals surface area (Å²) in [7, 11) is 0. The van der Waals surface area contributed by atoms with E-state index in [9.17, 15) is 15.3 Å². The van der Waals surface area contributed by atoms with Crippen molar-refractivity contribution in [1.29, 1.82) is 0 Å². The molecule has 0 aliphatic carbocycles. The van der Waals surface area contributed by atoms with Gasteiger partial charge in [-0.25, -0.2) is 0 Å². The predicted octanol–water partition coefficient (Wildman–Crippen LogP) is 2.14. The van der Waals surface area contributed by atoms with Gasteiger partial charge in [0.15, 0.2) is 0 Å². The second-order valence-corrected chi connectivity index (χ2v) is 8.70. The fraction of sp³-hybridized carbons (Fsp3) is 0.500. The molecular formula is C20H24O5S. The van der Waals surface area contributed by atoms with E-state index < -0.39 is 30.2 Å². The van der Waals surface area contributed by atoms with Crippen molar-refractivity contribution in [2.45, 2.75) is 64.0 Å². The van der Waals surface area contributed by atoms with Gasteiger partial charge in [-0.2, -0.15) is 0 Å². The number of fused-ring (bicyclic) bond motifs is 2. The number of aliphatic hydroxyl groups excluding tert-OH is 3. The van der Waals surface area contributed by atoms with Crippen molar-refractivity contribution in [3.8, 4) is 0 Å². The molecule has 0 radical (unpaired) electrons. The predicted molar refractivity (Wildman–Crippen MR) is 98.1 cm³/mol. The third kappa shape index (κ3) is 2.72. The second kappa shape index (κ2) is 6.41. The van der Waals surface area contributed by atoms with Crippen molar-refractivity contribution in [3.63, 3.8) is 0 Å². The Morgan fingerprint density at radius 2 is 1.92 bits per heavy atom. The summed E-state index contributed by atoms with van der Waals surface area (Å²) >= 11 is 1.77. The van der Waals surface area contributed by atoms with Crippen LogP contribution in [0.4, 0.5) is 0 Å². The molecule has 1 fully saturated rings. The van der Waals surface area contributed by atoms with Crippen molar-refractivity contribution in [2.24, 2.45) is 0 Å². The Bertz CT molecular complexity index is 832. The highest BCUT2D eigenvalue weighted by atomic mass is 32.1. The molecule has 0 amide bonds. The van der Waals surface area contributed by atoms with Crippen LogP contribution in [0, 0.1) is 13.8 Å². The molecule has 2 aromatic rings. The molecule has 2 aliphatic heterocycles. The van der Waals surface area contributed by atoms with Gasteiger partial charge in [-0.15, -0.1) is 11.3 Å². The number of ether oxygens (including phenoxy) is 2. The molecule has 26 heavy (non-hydrogen) atoms. The Morgan fingerprint density at radius 3 is 2.62 bits per heavy atom. The Hall–Kier alpha value is -1.28. The maximum Gasteiger partial charge on any atom is 0.225 e. The third-order valence-electron chi connectivity index (χ3n) is 5.44. The average Bonchev–Trinajstić information content (AvgIpc) is 3.16. The molecule has 5 atom stereocenters. The van der Waals surface area contributed by atoms with Gasteiger partial charge in [-0.3, -0.25) is 0 Å². The first-order valence-electron chi connectivity index (χ1n) is 8.86. The van der Waals surface area contributed by atoms with Gasteiger partial charge in [-0.1, -0.05) is 6.07 Å². The van der Waals surface area contributed by atoms with Crippen molar-refractivity contribution < 1.29 is 24.8 Å². The number of hydrogen-bond donors (Lipinski definition) is 3. The van der Waals surface area contributed by atoms with Gasteiger partial charge in [0.2, 0.25) is 5.79 Å². The van der Waals surface area contributed by atoms with Crippen LogP contribution in [-0.2, 0) is 28.3 Å². The fourth-order valence-corrected chi connectivity index (χ4v) is 4.84. The zero-order chi connectivity index (χ0) is 18.6. The highest BCUT2D eigenvalue weighted by Gasteiger charge is 2.57.